The average molecular weight is 366 g/mol. The number of alkyl halides is 3. The van der Waals surface area contributed by atoms with E-state index in [1.54, 1.807) is 6.07 Å². The van der Waals surface area contributed by atoms with Gasteiger partial charge in [-0.15, -0.1) is 0 Å². The van der Waals surface area contributed by atoms with Crippen LogP contribution < -0.4 is 5.32 Å². The lowest BCUT2D eigenvalue weighted by molar-refractivity contribution is -0.140. The molecule has 1 N–H and O–H groups in total. The van der Waals surface area contributed by atoms with E-state index in [0.29, 0.717) is 5.69 Å². The number of hydrogen-bond donors (Lipinski definition) is 1. The van der Waals surface area contributed by atoms with Gasteiger partial charge in [0.15, 0.2) is 0 Å². The van der Waals surface area contributed by atoms with E-state index in [1.807, 2.05) is 0 Å². The molecule has 0 heterocycles. The minimum absolute atomic E-state index is 0.0183. The molecule has 0 aliphatic rings. The van der Waals surface area contributed by atoms with E-state index in [2.05, 4.69) is 21.2 Å². The van der Waals surface area contributed by atoms with Crippen LogP contribution in [-0.4, -0.2) is 0 Å². The maximum atomic E-state index is 13.3. The molecule has 0 radical (unpaired) electrons. The molecular formula is C14H9BrF5N. The fourth-order valence-electron chi connectivity index (χ4n) is 1.71. The molecule has 0 fully saturated rings. The topological polar surface area (TPSA) is 12.0 Å². The van der Waals surface area contributed by atoms with Crippen molar-refractivity contribution in [1.82, 2.24) is 0 Å². The molecule has 0 saturated heterocycles. The first-order valence-corrected chi connectivity index (χ1v) is 6.61. The molecule has 2 aromatic rings. The molecule has 7 heteroatoms. The van der Waals surface area contributed by atoms with Crippen molar-refractivity contribution in [1.29, 1.82) is 0 Å². The van der Waals surface area contributed by atoms with Crippen molar-refractivity contribution >= 4 is 21.6 Å². The van der Waals surface area contributed by atoms with Crippen LogP contribution in [0.1, 0.15) is 11.1 Å². The third kappa shape index (κ3) is 3.93. The van der Waals surface area contributed by atoms with Crippen LogP contribution in [0.5, 0.6) is 0 Å². The van der Waals surface area contributed by atoms with Gasteiger partial charge in [-0.2, -0.15) is 13.2 Å². The molecule has 1 nitrogen and oxygen atoms in total. The fourth-order valence-corrected chi connectivity index (χ4v) is 1.96. The molecule has 21 heavy (non-hydrogen) atoms. The first-order valence-electron chi connectivity index (χ1n) is 5.82. The van der Waals surface area contributed by atoms with Crippen molar-refractivity contribution in [2.75, 3.05) is 5.32 Å². The van der Waals surface area contributed by atoms with Crippen molar-refractivity contribution in [2.45, 2.75) is 12.7 Å². The molecule has 2 aromatic carbocycles. The molecule has 0 aromatic heterocycles. The number of rotatable bonds is 3. The number of benzene rings is 2. The molecule has 0 aliphatic carbocycles. The lowest BCUT2D eigenvalue weighted by Crippen LogP contribution is -2.10. The molecule has 0 bridgehead atoms. The Hall–Kier alpha value is -1.63. The van der Waals surface area contributed by atoms with Crippen LogP contribution in [0.4, 0.5) is 27.6 Å². The molecule has 0 atom stereocenters. The Morgan fingerprint density at radius 3 is 2.29 bits per heavy atom. The van der Waals surface area contributed by atoms with E-state index in [1.165, 1.54) is 18.2 Å². The molecule has 0 amide bonds. The Kier molecular flexibility index (Phi) is 4.51. The van der Waals surface area contributed by atoms with Gasteiger partial charge in [-0.1, -0.05) is 6.07 Å². The highest BCUT2D eigenvalue weighted by molar-refractivity contribution is 9.10. The fraction of sp³-hybridized carbons (Fsp3) is 0.143. The summed E-state index contributed by atoms with van der Waals surface area (Å²) in [6, 6.07) is 7.00. The summed E-state index contributed by atoms with van der Waals surface area (Å²) in [7, 11) is 0. The smallest absolute Gasteiger partial charge is 0.381 e. The van der Waals surface area contributed by atoms with Gasteiger partial charge in [0.05, 0.1) is 10.0 Å². The van der Waals surface area contributed by atoms with Crippen molar-refractivity contribution in [3.63, 3.8) is 0 Å². The lowest BCUT2D eigenvalue weighted by atomic mass is 10.1. The number of nitrogens with one attached hydrogen (secondary N) is 1. The number of anilines is 1. The Morgan fingerprint density at radius 2 is 1.67 bits per heavy atom. The van der Waals surface area contributed by atoms with Crippen molar-refractivity contribution < 1.29 is 22.0 Å². The summed E-state index contributed by atoms with van der Waals surface area (Å²) in [4.78, 5) is 0. The first kappa shape index (κ1) is 15.8. The van der Waals surface area contributed by atoms with E-state index >= 15 is 0 Å². The van der Waals surface area contributed by atoms with Crippen LogP contribution in [-0.2, 0) is 12.7 Å². The summed E-state index contributed by atoms with van der Waals surface area (Å²) in [6.07, 6.45) is -4.75. The van der Waals surface area contributed by atoms with E-state index in [9.17, 15) is 22.0 Å². The molecule has 2 rings (SSSR count). The SMILES string of the molecule is Fc1cc(NCc2ccc(F)c(C(F)(F)F)c2)ccc1Br. The minimum Gasteiger partial charge on any atom is -0.381 e. The third-order valence-electron chi connectivity index (χ3n) is 2.75. The maximum absolute atomic E-state index is 13.3. The van der Waals surface area contributed by atoms with E-state index in [4.69, 9.17) is 0 Å². The van der Waals surface area contributed by atoms with Crippen molar-refractivity contribution in [2.24, 2.45) is 0 Å². The summed E-state index contributed by atoms with van der Waals surface area (Å²) in [5.74, 6) is -1.81. The van der Waals surface area contributed by atoms with Gasteiger partial charge >= 0.3 is 6.18 Å². The third-order valence-corrected chi connectivity index (χ3v) is 3.40. The van der Waals surface area contributed by atoms with Gasteiger partial charge in [-0.3, -0.25) is 0 Å². The molecule has 0 aliphatic heterocycles. The van der Waals surface area contributed by atoms with Gasteiger partial charge in [-0.05, 0) is 51.8 Å². The standard InChI is InChI=1S/C14H9BrF5N/c15-11-3-2-9(6-13(11)17)21-7-8-1-4-12(16)10(5-8)14(18,19)20/h1-6,21H,7H2. The number of halogens is 6. The van der Waals surface area contributed by atoms with Gasteiger partial charge in [0, 0.05) is 12.2 Å². The van der Waals surface area contributed by atoms with Gasteiger partial charge < -0.3 is 5.32 Å². The van der Waals surface area contributed by atoms with Gasteiger partial charge in [0.2, 0.25) is 0 Å². The zero-order valence-electron chi connectivity index (χ0n) is 10.4. The summed E-state index contributed by atoms with van der Waals surface area (Å²) in [5, 5.41) is 2.78. The van der Waals surface area contributed by atoms with Crippen LogP contribution in [0.15, 0.2) is 40.9 Å². The highest BCUT2D eigenvalue weighted by Crippen LogP contribution is 2.32. The van der Waals surface area contributed by atoms with Crippen molar-refractivity contribution in [3.05, 3.63) is 63.6 Å². The summed E-state index contributed by atoms with van der Waals surface area (Å²) >= 11 is 3.00. The quantitative estimate of drug-likeness (QED) is 0.722. The van der Waals surface area contributed by atoms with Crippen LogP contribution in [0.25, 0.3) is 0 Å². The van der Waals surface area contributed by atoms with Crippen LogP contribution in [0.2, 0.25) is 0 Å². The zero-order chi connectivity index (χ0) is 15.6. The summed E-state index contributed by atoms with van der Waals surface area (Å²) < 4.78 is 64.4. The largest absolute Gasteiger partial charge is 0.419 e. The number of hydrogen-bond acceptors (Lipinski definition) is 1. The molecule has 0 spiro atoms. The van der Waals surface area contributed by atoms with Crippen molar-refractivity contribution in [3.8, 4) is 0 Å². The predicted molar refractivity (Wildman–Crippen MR) is 72.8 cm³/mol. The van der Waals surface area contributed by atoms with E-state index in [0.717, 1.165) is 12.1 Å². The van der Waals surface area contributed by atoms with Gasteiger partial charge in [0.25, 0.3) is 0 Å². The zero-order valence-corrected chi connectivity index (χ0v) is 12.0. The molecule has 112 valence electrons. The van der Waals surface area contributed by atoms with E-state index in [-0.39, 0.29) is 16.6 Å². The Balaban J connectivity index is 2.15. The Morgan fingerprint density at radius 1 is 0.952 bits per heavy atom. The molecule has 0 unspecified atom stereocenters. The predicted octanol–water partition coefficient (Wildman–Crippen LogP) is 5.36. The van der Waals surface area contributed by atoms with Crippen LogP contribution >= 0.6 is 15.9 Å². The van der Waals surface area contributed by atoms with Gasteiger partial charge in [-0.25, -0.2) is 8.78 Å². The lowest BCUT2D eigenvalue weighted by Gasteiger charge is -2.11. The van der Waals surface area contributed by atoms with Crippen LogP contribution in [0.3, 0.4) is 0 Å². The monoisotopic (exact) mass is 365 g/mol. The maximum Gasteiger partial charge on any atom is 0.419 e. The summed E-state index contributed by atoms with van der Waals surface area (Å²) in [5.41, 5.74) is -0.663. The second kappa shape index (κ2) is 6.01. The van der Waals surface area contributed by atoms with Crippen LogP contribution in [0, 0.1) is 11.6 Å². The summed E-state index contributed by atoms with van der Waals surface area (Å²) in [6.45, 7) is 0.0183. The van der Waals surface area contributed by atoms with E-state index < -0.39 is 23.4 Å². The highest BCUT2D eigenvalue weighted by Gasteiger charge is 2.34. The Bertz CT molecular complexity index is 654. The average Bonchev–Trinajstić information content (AvgIpc) is 2.40. The normalized spacial score (nSPS) is 11.5. The van der Waals surface area contributed by atoms with Gasteiger partial charge in [0.1, 0.15) is 11.6 Å². The minimum atomic E-state index is -4.75. The first-order chi connectivity index (χ1) is 9.77. The highest BCUT2D eigenvalue weighted by atomic mass is 79.9. The second-order valence-corrected chi connectivity index (χ2v) is 5.15. The second-order valence-electron chi connectivity index (χ2n) is 4.29. The Labute approximate surface area is 125 Å². The molecule has 0 saturated carbocycles. The molecular weight excluding hydrogens is 357 g/mol.